The normalized spacial score (nSPS) is 11.2. The Kier molecular flexibility index (Phi) is 36.8. The fourth-order valence-electron chi connectivity index (χ4n) is 5.50. The van der Waals surface area contributed by atoms with Gasteiger partial charge in [-0.05, 0) is 37.8 Å². The summed E-state index contributed by atoms with van der Waals surface area (Å²) in [6, 6.07) is 3.03. The van der Waals surface area contributed by atoms with Crippen LogP contribution in [0.4, 0.5) is 5.69 Å². The van der Waals surface area contributed by atoms with Crippen LogP contribution in [-0.4, -0.2) is 174 Å². The van der Waals surface area contributed by atoms with E-state index in [9.17, 15) is 19.6 Å². The second-order valence-corrected chi connectivity index (χ2v) is 14.0. The standard InChI is InChI=1S/C40H66N2O18S.CH2O/c1-32-33-29-37(61-60-59-47)35(41)31-36(33)58-40(46)34(32)30-38(43)42(8-5-3-4-7-39(44)45)9-6-10-49-13-14-51-17-18-53-21-22-55-25-26-57-28-27-56-24-23-54-20-19-52-16-15-50-12-11-48-2;1-2/h29,31,47H,3-28,30,41H2,1-2H3,(H,44,45);1H2/p-1. The van der Waals surface area contributed by atoms with Crippen molar-refractivity contribution in [1.82, 2.24) is 4.90 Å². The highest BCUT2D eigenvalue weighted by Crippen LogP contribution is 2.32. The highest BCUT2D eigenvalue weighted by Gasteiger charge is 2.20. The molecule has 3 N–H and O–H groups in total. The number of carboxylic acid groups (broad SMARTS) is 1. The molecule has 1 aromatic carbocycles. The molecule has 362 valence electrons. The number of carbonyl (C=O) groups excluding carboxylic acids is 2. The number of amides is 1. The van der Waals surface area contributed by atoms with Crippen LogP contribution in [0, 0.1) is 6.92 Å². The molecule has 0 bridgehead atoms. The smallest absolute Gasteiger partial charge is 0.340 e. The van der Waals surface area contributed by atoms with Crippen molar-refractivity contribution in [3.05, 3.63) is 33.7 Å². The molecule has 63 heavy (non-hydrogen) atoms. The average molecular weight is 924 g/mol. The third-order valence-electron chi connectivity index (χ3n) is 8.69. The predicted molar refractivity (Wildman–Crippen MR) is 227 cm³/mol. The maximum atomic E-state index is 13.5. The van der Waals surface area contributed by atoms with Crippen molar-refractivity contribution in [3.8, 4) is 0 Å². The molecule has 21 nitrogen and oxygen atoms in total. The van der Waals surface area contributed by atoms with Gasteiger partial charge >= 0.3 is 11.6 Å². The Bertz CT molecular complexity index is 1520. The first-order chi connectivity index (χ1) is 30.8. The summed E-state index contributed by atoms with van der Waals surface area (Å²) in [7, 11) is 1.63. The molecule has 22 heteroatoms. The topological polar surface area (TPSA) is 265 Å². The molecule has 1 amide bonds. The van der Waals surface area contributed by atoms with E-state index in [1.165, 1.54) is 6.07 Å². The molecule has 0 aliphatic heterocycles. The number of benzene rings is 1. The molecule has 0 saturated carbocycles. The monoisotopic (exact) mass is 923 g/mol. The first-order valence-corrected chi connectivity index (χ1v) is 21.5. The number of methoxy groups -OCH3 is 1. The quantitative estimate of drug-likeness (QED) is 0.0241. The van der Waals surface area contributed by atoms with E-state index in [2.05, 4.69) is 9.37 Å². The lowest BCUT2D eigenvalue weighted by Crippen LogP contribution is -2.36. The summed E-state index contributed by atoms with van der Waals surface area (Å²) in [5.41, 5.74) is 6.48. The molecule has 1 heterocycles. The number of nitrogens with two attached hydrogens (primary N) is 1. The van der Waals surface area contributed by atoms with Gasteiger partial charge in [0.05, 0.1) is 154 Å². The van der Waals surface area contributed by atoms with Gasteiger partial charge in [0.25, 0.3) is 0 Å². The number of rotatable bonds is 42. The zero-order valence-electron chi connectivity index (χ0n) is 36.7. The fraction of sp³-hybridized carbons (Fsp3) is 0.707. The van der Waals surface area contributed by atoms with Crippen molar-refractivity contribution in [2.45, 2.75) is 50.3 Å². The van der Waals surface area contributed by atoms with E-state index in [4.69, 9.17) is 67.4 Å². The minimum atomic E-state index is -0.869. The Labute approximate surface area is 372 Å². The van der Waals surface area contributed by atoms with E-state index in [-0.39, 0.29) is 35.6 Å². The summed E-state index contributed by atoms with van der Waals surface area (Å²) < 4.78 is 64.2. The van der Waals surface area contributed by atoms with Crippen LogP contribution in [0.3, 0.4) is 0 Å². The number of anilines is 1. The van der Waals surface area contributed by atoms with Crippen molar-refractivity contribution in [2.24, 2.45) is 0 Å². The Morgan fingerprint density at radius 2 is 1.14 bits per heavy atom. The van der Waals surface area contributed by atoms with E-state index in [1.807, 2.05) is 6.79 Å². The van der Waals surface area contributed by atoms with Gasteiger partial charge in [0.2, 0.25) is 5.91 Å². The van der Waals surface area contributed by atoms with Crippen LogP contribution in [0.15, 0.2) is 26.2 Å². The van der Waals surface area contributed by atoms with Gasteiger partial charge < -0.3 is 77.6 Å². The summed E-state index contributed by atoms with van der Waals surface area (Å²) in [6.45, 7) is 13.3. The number of hydrogen-bond donors (Lipinski definition) is 2. The molecule has 0 spiro atoms. The van der Waals surface area contributed by atoms with Gasteiger partial charge in [0.1, 0.15) is 12.4 Å². The Morgan fingerprint density at radius 3 is 1.59 bits per heavy atom. The van der Waals surface area contributed by atoms with E-state index < -0.39 is 11.6 Å². The third-order valence-corrected chi connectivity index (χ3v) is 9.35. The van der Waals surface area contributed by atoms with Gasteiger partial charge in [-0.25, -0.2) is 4.79 Å². The molecule has 0 radical (unpaired) electrons. The lowest BCUT2D eigenvalue weighted by Gasteiger charge is -2.23. The Morgan fingerprint density at radius 1 is 0.698 bits per heavy atom. The second kappa shape index (κ2) is 40.2. The summed E-state index contributed by atoms with van der Waals surface area (Å²) in [4.78, 5) is 47.4. The number of ether oxygens (including phenoxy) is 10. The van der Waals surface area contributed by atoms with Crippen molar-refractivity contribution >= 4 is 47.4 Å². The van der Waals surface area contributed by atoms with E-state index >= 15 is 0 Å². The lowest BCUT2D eigenvalue weighted by molar-refractivity contribution is -0.777. The number of fused-ring (bicyclic) bond motifs is 1. The number of carbonyl (C=O) groups is 3. The first kappa shape index (κ1) is 57.7. The number of nitrogen functional groups attached to an aromatic ring is 1. The highest BCUT2D eigenvalue weighted by atomic mass is 32.2. The number of aliphatic carboxylic acids is 1. The Hall–Kier alpha value is -3.33. The number of carboxylic acids is 1. The summed E-state index contributed by atoms with van der Waals surface area (Å²) >= 11 is 0.610. The third kappa shape index (κ3) is 29.0. The maximum Gasteiger partial charge on any atom is 0.340 e. The first-order valence-electron chi connectivity index (χ1n) is 20.7. The van der Waals surface area contributed by atoms with Gasteiger partial charge in [0.15, 0.2) is 0 Å². The van der Waals surface area contributed by atoms with E-state index in [0.29, 0.717) is 192 Å². The molecular weight excluding hydrogens is 857 g/mol. The van der Waals surface area contributed by atoms with Crippen molar-refractivity contribution in [1.29, 1.82) is 0 Å². The highest BCUT2D eigenvalue weighted by molar-refractivity contribution is 7.94. The van der Waals surface area contributed by atoms with Crippen molar-refractivity contribution in [2.75, 3.05) is 151 Å². The molecule has 1 aromatic heterocycles. The van der Waals surface area contributed by atoms with Gasteiger partial charge in [-0.3, -0.25) is 14.6 Å². The van der Waals surface area contributed by atoms with Crippen molar-refractivity contribution < 1.29 is 85.9 Å². The number of hydrogen-bond acceptors (Lipinski definition) is 20. The largest absolute Gasteiger partial charge is 0.691 e. The average Bonchev–Trinajstić information content (AvgIpc) is 3.27. The van der Waals surface area contributed by atoms with Gasteiger partial charge in [-0.15, -0.1) is 0 Å². The van der Waals surface area contributed by atoms with Crippen LogP contribution >= 0.6 is 12.0 Å². The maximum absolute atomic E-state index is 13.5. The zero-order valence-corrected chi connectivity index (χ0v) is 37.5. The number of unbranched alkanes of at least 4 members (excludes halogenated alkanes) is 2. The van der Waals surface area contributed by atoms with Gasteiger partial charge in [-0.1, -0.05) is 6.42 Å². The van der Waals surface area contributed by atoms with E-state index in [0.717, 1.165) is 0 Å². The van der Waals surface area contributed by atoms with Crippen LogP contribution in [0.2, 0.25) is 0 Å². The fourth-order valence-corrected chi connectivity index (χ4v) is 5.92. The number of aryl methyl sites for hydroxylation is 1. The summed E-state index contributed by atoms with van der Waals surface area (Å²) in [6.07, 6.45) is 2.11. The van der Waals surface area contributed by atoms with Gasteiger partial charge in [0, 0.05) is 44.7 Å². The van der Waals surface area contributed by atoms with Gasteiger partial charge in [-0.2, -0.15) is 4.33 Å². The zero-order chi connectivity index (χ0) is 46.2. The van der Waals surface area contributed by atoms with Crippen molar-refractivity contribution in [3.63, 3.8) is 0 Å². The molecule has 2 rings (SSSR count). The molecule has 0 atom stereocenters. The molecule has 0 fully saturated rings. The minimum Gasteiger partial charge on any atom is -0.691 e. The van der Waals surface area contributed by atoms with E-state index in [1.54, 1.807) is 25.0 Å². The molecule has 0 aliphatic carbocycles. The SMILES string of the molecule is C=O.COCCOCCOCCOCCOCCOCCOCCOCCOCCOCCCN(CCCCCC(=O)O)C(=O)Cc1c(C)c2cc(SOO[O-])c(N)cc2oc1=O. The summed E-state index contributed by atoms with van der Waals surface area (Å²) in [5.74, 6) is -1.15. The minimum absolute atomic E-state index is 0.0525. The van der Waals surface area contributed by atoms with Crippen LogP contribution in [0.5, 0.6) is 0 Å². The predicted octanol–water partition coefficient (Wildman–Crippen LogP) is 1.93. The molecular formula is C41H67N2O19S-. The summed E-state index contributed by atoms with van der Waals surface area (Å²) in [5, 5.41) is 23.2. The van der Waals surface area contributed by atoms with Crippen LogP contribution < -0.4 is 16.6 Å². The molecule has 0 saturated heterocycles. The molecule has 0 unspecified atom stereocenters. The molecule has 0 aliphatic rings. The Balaban J connectivity index is 0.00000977. The van der Waals surface area contributed by atoms with Crippen LogP contribution in [0.1, 0.15) is 43.2 Å². The second-order valence-electron chi connectivity index (χ2n) is 13.2. The number of nitrogens with zero attached hydrogens (tertiary/aromatic N) is 1. The van der Waals surface area contributed by atoms with Crippen LogP contribution in [0.25, 0.3) is 11.0 Å². The lowest BCUT2D eigenvalue weighted by atomic mass is 10.0. The van der Waals surface area contributed by atoms with Crippen LogP contribution in [-0.2, 0) is 77.5 Å². The molecule has 2 aromatic rings.